The van der Waals surface area contributed by atoms with Gasteiger partial charge in [-0.1, -0.05) is 30.3 Å². The molecule has 1 aliphatic carbocycles. The van der Waals surface area contributed by atoms with Crippen molar-refractivity contribution in [2.75, 3.05) is 26.2 Å². The quantitative estimate of drug-likeness (QED) is 0.646. The third-order valence-corrected chi connectivity index (χ3v) is 6.78. The number of phenols is 1. The molecule has 0 radical (unpaired) electrons. The monoisotopic (exact) mass is 417 g/mol. The fourth-order valence-electron chi connectivity index (χ4n) is 5.48. The molecule has 6 heteroatoms. The first kappa shape index (κ1) is 21.2. The van der Waals surface area contributed by atoms with Crippen LogP contribution in [0.3, 0.4) is 0 Å². The van der Waals surface area contributed by atoms with E-state index in [4.69, 9.17) is 0 Å². The van der Waals surface area contributed by atoms with E-state index in [1.165, 1.54) is 0 Å². The molecule has 162 valence electrons. The highest BCUT2D eigenvalue weighted by molar-refractivity contribution is 5.32. The minimum Gasteiger partial charge on any atom is -0.503 e. The van der Waals surface area contributed by atoms with Crippen molar-refractivity contribution in [2.45, 2.75) is 37.2 Å². The number of aliphatic hydroxyl groups is 2. The summed E-state index contributed by atoms with van der Waals surface area (Å²) in [5.41, 5.74) is 0.932. The van der Waals surface area contributed by atoms with Gasteiger partial charge in [0.1, 0.15) is 0 Å². The summed E-state index contributed by atoms with van der Waals surface area (Å²) in [6, 6.07) is 12.4. The Morgan fingerprint density at radius 2 is 1.63 bits per heavy atom. The molecule has 0 aromatic heterocycles. The van der Waals surface area contributed by atoms with Crippen molar-refractivity contribution in [3.8, 4) is 5.75 Å². The Labute approximate surface area is 175 Å². The Morgan fingerprint density at radius 1 is 1.03 bits per heavy atom. The highest BCUT2D eigenvalue weighted by Crippen LogP contribution is 2.45. The largest absolute Gasteiger partial charge is 0.503 e. The van der Waals surface area contributed by atoms with Crippen LogP contribution < -0.4 is 0 Å². The van der Waals surface area contributed by atoms with Crippen molar-refractivity contribution in [3.05, 3.63) is 65.2 Å². The maximum atomic E-state index is 13.8. The van der Waals surface area contributed by atoms with Gasteiger partial charge in [-0.15, -0.1) is 0 Å². The minimum atomic E-state index is -0.975. The Bertz CT molecular complexity index is 839. The summed E-state index contributed by atoms with van der Waals surface area (Å²) in [6.45, 7) is 2.19. The van der Waals surface area contributed by atoms with E-state index in [1.807, 2.05) is 30.3 Å². The molecule has 0 bridgehead atoms. The third-order valence-electron chi connectivity index (χ3n) is 6.78. The lowest BCUT2D eigenvalue weighted by Crippen LogP contribution is -2.33. The van der Waals surface area contributed by atoms with Gasteiger partial charge in [-0.2, -0.15) is 0 Å². The standard InChI is InChI=1S/C24H29F2NO3/c25-21-8-18(9-22(26)23(21)29)17(6-7-28)13-27-14-19-11-24(30,12-20(19)15-27)10-16-4-2-1-3-5-16/h1-5,8-9,17,19-20,28-30H,6-7,10-15H2/t17?,19-,20+,24?. The first-order valence-electron chi connectivity index (χ1n) is 10.6. The number of aliphatic hydroxyl groups excluding tert-OH is 1. The summed E-state index contributed by atoms with van der Waals surface area (Å²) in [6.07, 6.45) is 2.58. The van der Waals surface area contributed by atoms with E-state index in [2.05, 4.69) is 4.90 Å². The number of rotatable bonds is 7. The Balaban J connectivity index is 1.39. The predicted octanol–water partition coefficient (Wildman–Crippen LogP) is 3.45. The number of nitrogens with zero attached hydrogens (tertiary/aromatic N) is 1. The van der Waals surface area contributed by atoms with E-state index in [0.29, 0.717) is 36.8 Å². The molecule has 4 nitrogen and oxygen atoms in total. The van der Waals surface area contributed by atoms with Gasteiger partial charge in [0, 0.05) is 32.7 Å². The molecule has 2 aromatic rings. The number of benzene rings is 2. The van der Waals surface area contributed by atoms with E-state index in [0.717, 1.165) is 43.6 Å². The van der Waals surface area contributed by atoms with Crippen LogP contribution >= 0.6 is 0 Å². The molecule has 1 aliphatic heterocycles. The minimum absolute atomic E-state index is 0.0771. The lowest BCUT2D eigenvalue weighted by atomic mass is 9.91. The van der Waals surface area contributed by atoms with Gasteiger partial charge < -0.3 is 20.2 Å². The zero-order chi connectivity index (χ0) is 21.3. The van der Waals surface area contributed by atoms with Gasteiger partial charge in [0.2, 0.25) is 0 Å². The van der Waals surface area contributed by atoms with Gasteiger partial charge in [0.25, 0.3) is 0 Å². The summed E-state index contributed by atoms with van der Waals surface area (Å²) in [7, 11) is 0. The molecule has 0 spiro atoms. The van der Waals surface area contributed by atoms with Gasteiger partial charge in [0.05, 0.1) is 5.60 Å². The van der Waals surface area contributed by atoms with Crippen molar-refractivity contribution in [1.29, 1.82) is 0 Å². The maximum Gasteiger partial charge on any atom is 0.187 e. The van der Waals surface area contributed by atoms with Crippen LogP contribution in [0.25, 0.3) is 0 Å². The average Bonchev–Trinajstić information content (AvgIpc) is 3.20. The molecule has 1 heterocycles. The predicted molar refractivity (Wildman–Crippen MR) is 110 cm³/mol. The first-order valence-corrected chi connectivity index (χ1v) is 10.6. The molecule has 4 atom stereocenters. The van der Waals surface area contributed by atoms with Crippen molar-refractivity contribution < 1.29 is 24.1 Å². The van der Waals surface area contributed by atoms with Gasteiger partial charge in [-0.05, 0) is 60.3 Å². The van der Waals surface area contributed by atoms with Crippen LogP contribution in [0.5, 0.6) is 5.75 Å². The smallest absolute Gasteiger partial charge is 0.187 e. The first-order chi connectivity index (χ1) is 14.4. The zero-order valence-electron chi connectivity index (χ0n) is 17.0. The zero-order valence-corrected chi connectivity index (χ0v) is 17.0. The van der Waals surface area contributed by atoms with Crippen LogP contribution in [0, 0.1) is 23.5 Å². The summed E-state index contributed by atoms with van der Waals surface area (Å²) in [5, 5.41) is 29.9. The van der Waals surface area contributed by atoms with E-state index in [1.54, 1.807) is 0 Å². The summed E-state index contributed by atoms with van der Waals surface area (Å²) in [5.74, 6) is -2.32. The summed E-state index contributed by atoms with van der Waals surface area (Å²) in [4.78, 5) is 2.28. The van der Waals surface area contributed by atoms with Crippen LogP contribution in [0.15, 0.2) is 42.5 Å². The van der Waals surface area contributed by atoms with E-state index < -0.39 is 23.0 Å². The number of hydrogen-bond acceptors (Lipinski definition) is 4. The van der Waals surface area contributed by atoms with E-state index in [-0.39, 0.29) is 12.5 Å². The van der Waals surface area contributed by atoms with Crippen molar-refractivity contribution in [3.63, 3.8) is 0 Å². The molecule has 2 aliphatic rings. The van der Waals surface area contributed by atoms with Gasteiger partial charge in [-0.25, -0.2) is 8.78 Å². The van der Waals surface area contributed by atoms with Crippen LogP contribution in [-0.2, 0) is 6.42 Å². The SMILES string of the molecule is OCCC(CN1C[C@@H]2CC(O)(Cc3ccccc3)C[C@@H]2C1)c1cc(F)c(O)c(F)c1. The molecule has 2 fully saturated rings. The fourth-order valence-corrected chi connectivity index (χ4v) is 5.48. The number of aromatic hydroxyl groups is 1. The molecule has 3 N–H and O–H groups in total. The second-order valence-corrected chi connectivity index (χ2v) is 9.08. The molecular weight excluding hydrogens is 388 g/mol. The number of likely N-dealkylation sites (tertiary alicyclic amines) is 1. The van der Waals surface area contributed by atoms with E-state index >= 15 is 0 Å². The molecular formula is C24H29F2NO3. The van der Waals surface area contributed by atoms with Gasteiger partial charge in [0.15, 0.2) is 17.4 Å². The number of hydrogen-bond donors (Lipinski definition) is 3. The molecule has 4 rings (SSSR count). The molecule has 0 amide bonds. The lowest BCUT2D eigenvalue weighted by Gasteiger charge is -2.28. The van der Waals surface area contributed by atoms with Gasteiger partial charge >= 0.3 is 0 Å². The molecule has 2 unspecified atom stereocenters. The fraction of sp³-hybridized carbons (Fsp3) is 0.500. The summed E-state index contributed by atoms with van der Waals surface area (Å²) < 4.78 is 27.6. The Morgan fingerprint density at radius 3 is 2.20 bits per heavy atom. The van der Waals surface area contributed by atoms with Crippen LogP contribution in [0.4, 0.5) is 8.78 Å². The van der Waals surface area contributed by atoms with E-state index in [9.17, 15) is 24.1 Å². The normalized spacial score (nSPS) is 27.3. The summed E-state index contributed by atoms with van der Waals surface area (Å²) >= 11 is 0. The Kier molecular flexibility index (Phi) is 6.09. The van der Waals surface area contributed by atoms with Crippen molar-refractivity contribution in [2.24, 2.45) is 11.8 Å². The Hall–Kier alpha value is -2.02. The maximum absolute atomic E-state index is 13.8. The number of phenolic OH excluding ortho intramolecular Hbond substituents is 1. The van der Waals surface area contributed by atoms with Crippen molar-refractivity contribution >= 4 is 0 Å². The lowest BCUT2D eigenvalue weighted by molar-refractivity contribution is 0.0351. The molecule has 1 saturated heterocycles. The highest BCUT2D eigenvalue weighted by atomic mass is 19.1. The molecule has 2 aromatic carbocycles. The highest BCUT2D eigenvalue weighted by Gasteiger charge is 2.48. The van der Waals surface area contributed by atoms with Crippen molar-refractivity contribution in [1.82, 2.24) is 4.90 Å². The van der Waals surface area contributed by atoms with Gasteiger partial charge in [-0.3, -0.25) is 0 Å². The molecule has 30 heavy (non-hydrogen) atoms. The number of halogens is 2. The van der Waals surface area contributed by atoms with Crippen LogP contribution in [0.2, 0.25) is 0 Å². The average molecular weight is 417 g/mol. The van der Waals surface area contributed by atoms with Crippen LogP contribution in [-0.4, -0.2) is 52.1 Å². The van der Waals surface area contributed by atoms with Crippen LogP contribution in [0.1, 0.15) is 36.3 Å². The second kappa shape index (κ2) is 8.61. The molecule has 1 saturated carbocycles. The topological polar surface area (TPSA) is 63.9 Å². The number of fused-ring (bicyclic) bond motifs is 1. The second-order valence-electron chi connectivity index (χ2n) is 9.08. The third kappa shape index (κ3) is 4.51.